The average Bonchev–Trinajstić information content (AvgIpc) is 3.11. The number of hydrogen-bond acceptors (Lipinski definition) is 4. The van der Waals surface area contributed by atoms with Crippen molar-refractivity contribution in [2.45, 2.75) is 25.8 Å². The number of aryl methyl sites for hydroxylation is 1. The first-order valence-electron chi connectivity index (χ1n) is 6.55. The normalized spacial score (nSPS) is 15.1. The Kier molecular flexibility index (Phi) is 2.56. The molecule has 3 aromatic rings. The van der Waals surface area contributed by atoms with Gasteiger partial charge in [0, 0.05) is 11.1 Å². The van der Waals surface area contributed by atoms with Crippen LogP contribution in [0.15, 0.2) is 18.2 Å². The molecule has 2 heterocycles. The smallest absolute Gasteiger partial charge is 0.146 e. The molecule has 0 radical (unpaired) electrons. The lowest BCUT2D eigenvalue weighted by atomic mass is 10.2. The highest BCUT2D eigenvalue weighted by Crippen LogP contribution is 2.43. The van der Waals surface area contributed by atoms with Gasteiger partial charge in [0.15, 0.2) is 0 Å². The molecule has 20 heavy (non-hydrogen) atoms. The zero-order valence-electron chi connectivity index (χ0n) is 10.9. The van der Waals surface area contributed by atoms with Gasteiger partial charge in [-0.1, -0.05) is 11.6 Å². The number of hydrogen-bond donors (Lipinski definition) is 1. The van der Waals surface area contributed by atoms with Crippen LogP contribution in [0.4, 0.5) is 5.00 Å². The zero-order chi connectivity index (χ0) is 13.9. The SMILES string of the molecule is Cc1nsc(N)c1-c1nc2ccc(Cl)cc2n1C1CC1. The van der Waals surface area contributed by atoms with Gasteiger partial charge in [-0.3, -0.25) is 0 Å². The van der Waals surface area contributed by atoms with Crippen LogP contribution in [0.1, 0.15) is 24.6 Å². The molecule has 0 spiro atoms. The average molecular weight is 305 g/mol. The van der Waals surface area contributed by atoms with Crippen LogP contribution in [0.2, 0.25) is 5.02 Å². The van der Waals surface area contributed by atoms with E-state index in [-0.39, 0.29) is 0 Å². The van der Waals surface area contributed by atoms with Crippen molar-refractivity contribution in [2.75, 3.05) is 5.73 Å². The van der Waals surface area contributed by atoms with Crippen LogP contribution >= 0.6 is 23.1 Å². The molecule has 1 saturated carbocycles. The second kappa shape index (κ2) is 4.20. The molecule has 6 heteroatoms. The van der Waals surface area contributed by atoms with E-state index in [1.54, 1.807) is 0 Å². The molecular weight excluding hydrogens is 292 g/mol. The van der Waals surface area contributed by atoms with Gasteiger partial charge in [-0.15, -0.1) is 0 Å². The predicted molar refractivity (Wildman–Crippen MR) is 83.3 cm³/mol. The van der Waals surface area contributed by atoms with Gasteiger partial charge in [0.2, 0.25) is 0 Å². The summed E-state index contributed by atoms with van der Waals surface area (Å²) in [6.07, 6.45) is 2.36. The van der Waals surface area contributed by atoms with Crippen LogP contribution < -0.4 is 5.73 Å². The van der Waals surface area contributed by atoms with Crippen LogP contribution in [0.3, 0.4) is 0 Å². The lowest BCUT2D eigenvalue weighted by Crippen LogP contribution is -1.99. The van der Waals surface area contributed by atoms with E-state index in [1.807, 2.05) is 25.1 Å². The number of benzene rings is 1. The number of anilines is 1. The molecule has 2 aromatic heterocycles. The number of nitrogens with two attached hydrogens (primary N) is 1. The Morgan fingerprint density at radius 1 is 1.40 bits per heavy atom. The Labute approximate surface area is 125 Å². The summed E-state index contributed by atoms with van der Waals surface area (Å²) in [5.41, 5.74) is 10.0. The van der Waals surface area contributed by atoms with Crippen molar-refractivity contribution in [3.05, 3.63) is 28.9 Å². The molecule has 0 aliphatic heterocycles. The van der Waals surface area contributed by atoms with Gasteiger partial charge >= 0.3 is 0 Å². The standard InChI is InChI=1S/C14H13ClN4S/c1-7-12(13(16)20-18-7)14-17-10-5-2-8(15)6-11(10)19(14)9-3-4-9/h2,5-6,9H,3-4,16H2,1H3. The van der Waals surface area contributed by atoms with Gasteiger partial charge in [-0.05, 0) is 49.5 Å². The number of aromatic nitrogens is 3. The Hall–Kier alpha value is -1.59. The molecule has 0 atom stereocenters. The van der Waals surface area contributed by atoms with Crippen molar-refractivity contribution in [3.63, 3.8) is 0 Å². The summed E-state index contributed by atoms with van der Waals surface area (Å²) in [4.78, 5) is 4.77. The van der Waals surface area contributed by atoms with E-state index in [4.69, 9.17) is 22.3 Å². The van der Waals surface area contributed by atoms with Gasteiger partial charge in [0.25, 0.3) is 0 Å². The van der Waals surface area contributed by atoms with Crippen LogP contribution in [-0.4, -0.2) is 13.9 Å². The zero-order valence-corrected chi connectivity index (χ0v) is 12.5. The number of halogens is 1. The quantitative estimate of drug-likeness (QED) is 0.777. The fourth-order valence-corrected chi connectivity index (χ4v) is 3.43. The molecule has 4 rings (SSSR count). The summed E-state index contributed by atoms with van der Waals surface area (Å²) in [7, 11) is 0. The highest BCUT2D eigenvalue weighted by Gasteiger charge is 2.30. The van der Waals surface area contributed by atoms with Gasteiger partial charge < -0.3 is 10.3 Å². The van der Waals surface area contributed by atoms with Gasteiger partial charge in [-0.2, -0.15) is 4.37 Å². The maximum atomic E-state index is 6.14. The van der Waals surface area contributed by atoms with E-state index in [0.29, 0.717) is 6.04 Å². The third kappa shape index (κ3) is 1.73. The van der Waals surface area contributed by atoms with E-state index < -0.39 is 0 Å². The lowest BCUT2D eigenvalue weighted by Gasteiger charge is -2.07. The topological polar surface area (TPSA) is 56.7 Å². The van der Waals surface area contributed by atoms with Crippen LogP contribution in [0.25, 0.3) is 22.4 Å². The first-order valence-corrected chi connectivity index (χ1v) is 7.70. The van der Waals surface area contributed by atoms with Crippen LogP contribution in [-0.2, 0) is 0 Å². The molecule has 1 aromatic carbocycles. The third-order valence-electron chi connectivity index (χ3n) is 3.68. The number of rotatable bonds is 2. The molecule has 0 bridgehead atoms. The van der Waals surface area contributed by atoms with E-state index in [9.17, 15) is 0 Å². The molecule has 2 N–H and O–H groups in total. The monoisotopic (exact) mass is 304 g/mol. The minimum Gasteiger partial charge on any atom is -0.389 e. The molecule has 0 saturated heterocycles. The summed E-state index contributed by atoms with van der Waals surface area (Å²) in [6.45, 7) is 1.98. The van der Waals surface area contributed by atoms with Crippen LogP contribution in [0, 0.1) is 6.92 Å². The predicted octanol–water partition coefficient (Wildman–Crippen LogP) is 4.04. The maximum absolute atomic E-state index is 6.14. The molecule has 4 nitrogen and oxygen atoms in total. The fraction of sp³-hybridized carbons (Fsp3) is 0.286. The van der Waals surface area contributed by atoms with Gasteiger partial charge in [-0.25, -0.2) is 4.98 Å². The molecular formula is C14H13ClN4S. The van der Waals surface area contributed by atoms with Gasteiger partial charge in [0.1, 0.15) is 10.8 Å². The molecule has 0 amide bonds. The van der Waals surface area contributed by atoms with Crippen molar-refractivity contribution in [2.24, 2.45) is 0 Å². The fourth-order valence-electron chi connectivity index (χ4n) is 2.60. The number of fused-ring (bicyclic) bond motifs is 1. The van der Waals surface area contributed by atoms with Crippen molar-refractivity contribution < 1.29 is 0 Å². The highest BCUT2D eigenvalue weighted by molar-refractivity contribution is 7.10. The number of nitrogen functional groups attached to an aromatic ring is 1. The number of imidazole rings is 1. The van der Waals surface area contributed by atoms with Crippen LogP contribution in [0.5, 0.6) is 0 Å². The summed E-state index contributed by atoms with van der Waals surface area (Å²) in [5, 5.41) is 1.46. The second-order valence-electron chi connectivity index (χ2n) is 5.18. The van der Waals surface area contributed by atoms with E-state index in [0.717, 1.165) is 38.1 Å². The first-order chi connectivity index (χ1) is 9.65. The molecule has 1 aliphatic carbocycles. The summed E-state index contributed by atoms with van der Waals surface area (Å²) in [6, 6.07) is 6.33. The number of nitrogens with zero attached hydrogens (tertiary/aromatic N) is 3. The third-order valence-corrected chi connectivity index (χ3v) is 4.68. The Bertz CT molecular complexity index is 797. The van der Waals surface area contributed by atoms with Crippen molar-refractivity contribution in [3.8, 4) is 11.4 Å². The highest BCUT2D eigenvalue weighted by atomic mass is 35.5. The maximum Gasteiger partial charge on any atom is 0.146 e. The summed E-state index contributed by atoms with van der Waals surface area (Å²) >= 11 is 7.46. The minimum absolute atomic E-state index is 0.507. The van der Waals surface area contributed by atoms with Crippen molar-refractivity contribution in [1.29, 1.82) is 0 Å². The lowest BCUT2D eigenvalue weighted by molar-refractivity contribution is 0.775. The largest absolute Gasteiger partial charge is 0.389 e. The summed E-state index contributed by atoms with van der Waals surface area (Å²) < 4.78 is 6.61. The first kappa shape index (κ1) is 12.2. The molecule has 1 aliphatic rings. The molecule has 1 fully saturated rings. The van der Waals surface area contributed by atoms with Crippen molar-refractivity contribution >= 4 is 39.2 Å². The molecule has 0 unspecified atom stereocenters. The Morgan fingerprint density at radius 3 is 2.85 bits per heavy atom. The van der Waals surface area contributed by atoms with E-state index in [1.165, 1.54) is 24.4 Å². The van der Waals surface area contributed by atoms with E-state index in [2.05, 4.69) is 8.94 Å². The van der Waals surface area contributed by atoms with Crippen molar-refractivity contribution in [1.82, 2.24) is 13.9 Å². The Balaban J connectivity index is 2.06. The molecule has 102 valence electrons. The minimum atomic E-state index is 0.507. The Morgan fingerprint density at radius 2 is 2.20 bits per heavy atom. The second-order valence-corrected chi connectivity index (χ2v) is 6.42. The van der Waals surface area contributed by atoms with E-state index >= 15 is 0 Å². The van der Waals surface area contributed by atoms with Gasteiger partial charge in [0.05, 0.1) is 22.3 Å². The summed E-state index contributed by atoms with van der Waals surface area (Å²) in [5.74, 6) is 0.925.